The second-order valence-electron chi connectivity index (χ2n) is 7.22. The molecule has 1 fully saturated rings. The highest BCUT2D eigenvalue weighted by Gasteiger charge is 2.31. The van der Waals surface area contributed by atoms with Gasteiger partial charge < -0.3 is 10.5 Å². The number of carbonyl (C=O) groups is 1. The zero-order chi connectivity index (χ0) is 19.5. The third-order valence-corrected chi connectivity index (χ3v) is 5.29. The summed E-state index contributed by atoms with van der Waals surface area (Å²) in [6, 6.07) is 15.3. The van der Waals surface area contributed by atoms with Gasteiger partial charge in [0, 0.05) is 31.7 Å². The van der Waals surface area contributed by atoms with Crippen molar-refractivity contribution in [1.82, 2.24) is 4.90 Å². The molecule has 28 heavy (non-hydrogen) atoms. The minimum absolute atomic E-state index is 0.259. The molecule has 6 heteroatoms. The number of nitrogens with zero attached hydrogens (tertiary/aromatic N) is 2. The molecule has 0 bridgehead atoms. The monoisotopic (exact) mass is 381 g/mol. The molecule has 5 nitrogen and oxygen atoms in total. The molecule has 1 amide bonds. The number of hydrogen-bond donors (Lipinski definition) is 1. The standard InChI is InChI=1S/C22H24FN3O2/c23-21-12-18(26-15-19(13-24)28-22(26)27)6-7-20(21)17-8-10-25(11-9-17)14-16-4-2-1-3-5-16/h1-8,12,19H,9-11,13-15,24H2/t19-/m0/s1. The van der Waals surface area contributed by atoms with E-state index in [9.17, 15) is 9.18 Å². The van der Waals surface area contributed by atoms with Gasteiger partial charge in [0.2, 0.25) is 0 Å². The Hall–Kier alpha value is -2.70. The molecule has 1 saturated heterocycles. The highest BCUT2D eigenvalue weighted by molar-refractivity contribution is 5.90. The molecule has 0 aromatic heterocycles. The van der Waals surface area contributed by atoms with Gasteiger partial charge in [-0.3, -0.25) is 9.80 Å². The average molecular weight is 381 g/mol. The van der Waals surface area contributed by atoms with Crippen molar-refractivity contribution >= 4 is 17.4 Å². The van der Waals surface area contributed by atoms with E-state index in [4.69, 9.17) is 10.5 Å². The fourth-order valence-corrected chi connectivity index (χ4v) is 3.73. The smallest absolute Gasteiger partial charge is 0.414 e. The summed E-state index contributed by atoms with van der Waals surface area (Å²) in [5.41, 5.74) is 8.96. The van der Waals surface area contributed by atoms with Gasteiger partial charge in [-0.2, -0.15) is 0 Å². The predicted octanol–water partition coefficient (Wildman–Crippen LogP) is 3.40. The summed E-state index contributed by atoms with van der Waals surface area (Å²) >= 11 is 0. The molecule has 4 rings (SSSR count). The van der Waals surface area contributed by atoms with E-state index < -0.39 is 6.09 Å². The van der Waals surface area contributed by atoms with Crippen LogP contribution in [0.25, 0.3) is 5.57 Å². The molecule has 1 atom stereocenters. The molecule has 2 aliphatic rings. The Bertz CT molecular complexity index is 885. The summed E-state index contributed by atoms with van der Waals surface area (Å²) < 4.78 is 19.9. The van der Waals surface area contributed by atoms with Gasteiger partial charge in [0.05, 0.1) is 12.2 Å². The fourth-order valence-electron chi connectivity index (χ4n) is 3.73. The van der Waals surface area contributed by atoms with E-state index >= 15 is 0 Å². The zero-order valence-corrected chi connectivity index (χ0v) is 15.7. The minimum atomic E-state index is -0.476. The van der Waals surface area contributed by atoms with Crippen molar-refractivity contribution in [2.75, 3.05) is 31.1 Å². The lowest BCUT2D eigenvalue weighted by atomic mass is 9.98. The predicted molar refractivity (Wildman–Crippen MR) is 107 cm³/mol. The van der Waals surface area contributed by atoms with Gasteiger partial charge >= 0.3 is 6.09 Å². The summed E-state index contributed by atoms with van der Waals surface area (Å²) in [5.74, 6) is -0.316. The topological polar surface area (TPSA) is 58.8 Å². The number of rotatable bonds is 5. The number of cyclic esters (lactones) is 1. The summed E-state index contributed by atoms with van der Waals surface area (Å²) in [7, 11) is 0. The molecule has 146 valence electrons. The average Bonchev–Trinajstić information content (AvgIpc) is 3.10. The van der Waals surface area contributed by atoms with Gasteiger partial charge in [0.25, 0.3) is 0 Å². The Morgan fingerprint density at radius 1 is 1.18 bits per heavy atom. The van der Waals surface area contributed by atoms with Crippen LogP contribution in [0, 0.1) is 5.82 Å². The molecule has 2 aliphatic heterocycles. The molecule has 2 N–H and O–H groups in total. The Morgan fingerprint density at radius 2 is 2.00 bits per heavy atom. The summed E-state index contributed by atoms with van der Waals surface area (Å²) in [6.07, 6.45) is 2.08. The highest BCUT2D eigenvalue weighted by atomic mass is 19.1. The van der Waals surface area contributed by atoms with E-state index in [0.29, 0.717) is 17.8 Å². The number of nitrogens with two attached hydrogens (primary N) is 1. The van der Waals surface area contributed by atoms with Crippen LogP contribution in [0.4, 0.5) is 14.9 Å². The van der Waals surface area contributed by atoms with E-state index in [2.05, 4.69) is 23.1 Å². The normalized spacial score (nSPS) is 20.2. The first kappa shape index (κ1) is 18.7. The van der Waals surface area contributed by atoms with Gasteiger partial charge in [0.1, 0.15) is 11.9 Å². The van der Waals surface area contributed by atoms with Gasteiger partial charge in [-0.15, -0.1) is 0 Å². The number of amides is 1. The Kier molecular flexibility index (Phi) is 5.41. The molecule has 0 aliphatic carbocycles. The van der Waals surface area contributed by atoms with E-state index in [1.165, 1.54) is 16.5 Å². The van der Waals surface area contributed by atoms with Crippen molar-refractivity contribution < 1.29 is 13.9 Å². The van der Waals surface area contributed by atoms with E-state index in [1.807, 2.05) is 18.2 Å². The lowest BCUT2D eigenvalue weighted by Crippen LogP contribution is -2.28. The quantitative estimate of drug-likeness (QED) is 0.862. The minimum Gasteiger partial charge on any atom is -0.443 e. The van der Waals surface area contributed by atoms with Crippen LogP contribution in [0.3, 0.4) is 0 Å². The molecular weight excluding hydrogens is 357 g/mol. The van der Waals surface area contributed by atoms with Crippen LogP contribution >= 0.6 is 0 Å². The first-order chi connectivity index (χ1) is 13.6. The molecule has 2 heterocycles. The number of anilines is 1. The summed E-state index contributed by atoms with van der Waals surface area (Å²) in [5, 5.41) is 0. The maximum Gasteiger partial charge on any atom is 0.414 e. The van der Waals surface area contributed by atoms with Gasteiger partial charge in [0.15, 0.2) is 0 Å². The number of hydrogen-bond acceptors (Lipinski definition) is 4. The zero-order valence-electron chi connectivity index (χ0n) is 15.7. The second-order valence-corrected chi connectivity index (χ2v) is 7.22. The fraction of sp³-hybridized carbons (Fsp3) is 0.318. The van der Waals surface area contributed by atoms with Crippen molar-refractivity contribution in [1.29, 1.82) is 0 Å². The van der Waals surface area contributed by atoms with Crippen molar-refractivity contribution in [3.63, 3.8) is 0 Å². The van der Waals surface area contributed by atoms with Gasteiger partial charge in [-0.05, 0) is 35.8 Å². The third kappa shape index (κ3) is 3.93. The van der Waals surface area contributed by atoms with Gasteiger partial charge in [-0.1, -0.05) is 36.4 Å². The SMILES string of the molecule is NC[C@H]1CN(c2ccc(C3=CCN(Cc4ccccc4)CC3)c(F)c2)C(=O)O1. The van der Waals surface area contributed by atoms with Crippen LogP contribution in [0.5, 0.6) is 0 Å². The lowest BCUT2D eigenvalue weighted by molar-refractivity contribution is 0.145. The van der Waals surface area contributed by atoms with E-state index in [0.717, 1.165) is 31.6 Å². The number of ether oxygens (including phenoxy) is 1. The first-order valence-electron chi connectivity index (χ1n) is 9.57. The molecule has 2 aromatic carbocycles. The number of carbonyl (C=O) groups excluding carboxylic acids is 1. The third-order valence-electron chi connectivity index (χ3n) is 5.29. The molecular formula is C22H24FN3O2. The van der Waals surface area contributed by atoms with Crippen LogP contribution in [0.1, 0.15) is 17.5 Å². The molecule has 0 radical (unpaired) electrons. The Balaban J connectivity index is 1.44. The Morgan fingerprint density at radius 3 is 2.64 bits per heavy atom. The van der Waals surface area contributed by atoms with E-state index in [1.54, 1.807) is 12.1 Å². The lowest BCUT2D eigenvalue weighted by Gasteiger charge is -2.27. The van der Waals surface area contributed by atoms with Crippen molar-refractivity contribution in [3.05, 3.63) is 71.6 Å². The second kappa shape index (κ2) is 8.12. The molecule has 0 spiro atoms. The first-order valence-corrected chi connectivity index (χ1v) is 9.57. The van der Waals surface area contributed by atoms with E-state index in [-0.39, 0.29) is 18.5 Å². The number of benzene rings is 2. The van der Waals surface area contributed by atoms with Crippen molar-refractivity contribution in [2.45, 2.75) is 19.1 Å². The largest absolute Gasteiger partial charge is 0.443 e. The molecule has 0 saturated carbocycles. The van der Waals surface area contributed by atoms with Crippen molar-refractivity contribution in [3.8, 4) is 0 Å². The molecule has 2 aromatic rings. The van der Waals surface area contributed by atoms with Crippen LogP contribution in [-0.4, -0.2) is 43.3 Å². The Labute approximate surface area is 164 Å². The number of halogens is 1. The van der Waals surface area contributed by atoms with Crippen molar-refractivity contribution in [2.24, 2.45) is 5.73 Å². The maximum absolute atomic E-state index is 14.8. The van der Waals surface area contributed by atoms with Crippen LogP contribution in [0.15, 0.2) is 54.6 Å². The summed E-state index contributed by atoms with van der Waals surface area (Å²) in [4.78, 5) is 15.7. The summed E-state index contributed by atoms with van der Waals surface area (Å²) in [6.45, 7) is 3.19. The maximum atomic E-state index is 14.8. The highest BCUT2D eigenvalue weighted by Crippen LogP contribution is 2.29. The van der Waals surface area contributed by atoms with Gasteiger partial charge in [-0.25, -0.2) is 9.18 Å². The van der Waals surface area contributed by atoms with Crippen LogP contribution < -0.4 is 10.6 Å². The molecule has 0 unspecified atom stereocenters. The van der Waals surface area contributed by atoms with Crippen LogP contribution in [0.2, 0.25) is 0 Å². The van der Waals surface area contributed by atoms with Crippen LogP contribution in [-0.2, 0) is 11.3 Å².